The first kappa shape index (κ1) is 14.8. The summed E-state index contributed by atoms with van der Waals surface area (Å²) < 4.78 is 1.87. The van der Waals surface area contributed by atoms with Crippen LogP contribution in [0.5, 0.6) is 0 Å². The fourth-order valence-corrected chi connectivity index (χ4v) is 2.39. The van der Waals surface area contributed by atoms with Crippen LogP contribution in [0.15, 0.2) is 36.5 Å². The van der Waals surface area contributed by atoms with Crippen molar-refractivity contribution in [2.24, 2.45) is 7.05 Å². The molecule has 0 spiro atoms. The number of likely N-dealkylation sites (N-methyl/N-ethyl adjacent to an activating group) is 1. The SMILES string of the molecule is Cc1nn(C)cc1CNC(CN(C)C)c1ccccc1. The van der Waals surface area contributed by atoms with Gasteiger partial charge in [0.25, 0.3) is 0 Å². The van der Waals surface area contributed by atoms with Crippen molar-refractivity contribution in [1.29, 1.82) is 0 Å². The van der Waals surface area contributed by atoms with Gasteiger partial charge in [0.05, 0.1) is 5.69 Å². The zero-order chi connectivity index (χ0) is 14.5. The van der Waals surface area contributed by atoms with Crippen LogP contribution in [0.3, 0.4) is 0 Å². The first-order chi connectivity index (χ1) is 9.56. The van der Waals surface area contributed by atoms with Crippen LogP contribution in [0.25, 0.3) is 0 Å². The maximum atomic E-state index is 4.39. The van der Waals surface area contributed by atoms with Gasteiger partial charge in [-0.2, -0.15) is 5.10 Å². The molecule has 0 amide bonds. The van der Waals surface area contributed by atoms with Crippen molar-refractivity contribution in [1.82, 2.24) is 20.0 Å². The van der Waals surface area contributed by atoms with Gasteiger partial charge in [-0.1, -0.05) is 30.3 Å². The van der Waals surface area contributed by atoms with Gasteiger partial charge in [0.15, 0.2) is 0 Å². The summed E-state index contributed by atoms with van der Waals surface area (Å²) in [7, 11) is 6.17. The molecule has 108 valence electrons. The quantitative estimate of drug-likeness (QED) is 0.874. The molecule has 0 aliphatic carbocycles. The van der Waals surface area contributed by atoms with E-state index in [-0.39, 0.29) is 0 Å². The molecule has 20 heavy (non-hydrogen) atoms. The minimum atomic E-state index is 0.325. The minimum Gasteiger partial charge on any atom is -0.308 e. The Morgan fingerprint density at radius 1 is 1.25 bits per heavy atom. The predicted octanol–water partition coefficient (Wildman–Crippen LogP) is 2.12. The van der Waals surface area contributed by atoms with Gasteiger partial charge < -0.3 is 10.2 Å². The zero-order valence-electron chi connectivity index (χ0n) is 12.8. The number of benzene rings is 1. The third-order valence-corrected chi connectivity index (χ3v) is 3.40. The molecule has 0 aliphatic heterocycles. The lowest BCUT2D eigenvalue weighted by atomic mass is 10.1. The maximum Gasteiger partial charge on any atom is 0.0638 e. The van der Waals surface area contributed by atoms with Crippen molar-refractivity contribution >= 4 is 0 Å². The van der Waals surface area contributed by atoms with E-state index in [0.717, 1.165) is 18.8 Å². The number of rotatable bonds is 6. The van der Waals surface area contributed by atoms with Crippen LogP contribution in [-0.2, 0) is 13.6 Å². The number of nitrogens with zero attached hydrogens (tertiary/aromatic N) is 3. The van der Waals surface area contributed by atoms with Gasteiger partial charge in [0.1, 0.15) is 0 Å². The molecule has 2 aromatic rings. The molecular formula is C16H24N4. The molecule has 0 saturated heterocycles. The van der Waals surface area contributed by atoms with Gasteiger partial charge in [-0.15, -0.1) is 0 Å². The number of hydrogen-bond acceptors (Lipinski definition) is 3. The Balaban J connectivity index is 2.07. The molecule has 1 atom stereocenters. The average Bonchev–Trinajstić information content (AvgIpc) is 2.73. The highest BCUT2D eigenvalue weighted by molar-refractivity contribution is 5.20. The summed E-state index contributed by atoms with van der Waals surface area (Å²) >= 11 is 0. The van der Waals surface area contributed by atoms with Crippen molar-refractivity contribution in [3.05, 3.63) is 53.3 Å². The highest BCUT2D eigenvalue weighted by atomic mass is 15.3. The van der Waals surface area contributed by atoms with Crippen LogP contribution in [0.1, 0.15) is 22.9 Å². The fourth-order valence-electron chi connectivity index (χ4n) is 2.39. The molecular weight excluding hydrogens is 248 g/mol. The molecule has 1 unspecified atom stereocenters. The van der Waals surface area contributed by atoms with E-state index in [1.807, 2.05) is 11.7 Å². The third-order valence-electron chi connectivity index (χ3n) is 3.40. The summed E-state index contributed by atoms with van der Waals surface area (Å²) in [6.07, 6.45) is 2.08. The van der Waals surface area contributed by atoms with Crippen molar-refractivity contribution < 1.29 is 0 Å². The second kappa shape index (κ2) is 6.68. The van der Waals surface area contributed by atoms with E-state index in [1.54, 1.807) is 0 Å². The Bertz CT molecular complexity index is 531. The molecule has 0 fully saturated rings. The molecule has 0 saturated carbocycles. The molecule has 0 bridgehead atoms. The Morgan fingerprint density at radius 2 is 1.95 bits per heavy atom. The lowest BCUT2D eigenvalue weighted by molar-refractivity contribution is 0.340. The highest BCUT2D eigenvalue weighted by Crippen LogP contribution is 2.15. The predicted molar refractivity (Wildman–Crippen MR) is 82.5 cm³/mol. The van der Waals surface area contributed by atoms with Gasteiger partial charge in [-0.3, -0.25) is 4.68 Å². The van der Waals surface area contributed by atoms with Gasteiger partial charge in [-0.25, -0.2) is 0 Å². The molecule has 1 N–H and O–H groups in total. The number of aryl methyl sites for hydroxylation is 2. The Labute approximate surface area is 121 Å². The van der Waals surface area contributed by atoms with Crippen LogP contribution < -0.4 is 5.32 Å². The molecule has 4 nitrogen and oxygen atoms in total. The molecule has 0 radical (unpaired) electrons. The molecule has 1 aromatic carbocycles. The topological polar surface area (TPSA) is 33.1 Å². The Morgan fingerprint density at radius 3 is 2.50 bits per heavy atom. The number of nitrogens with one attached hydrogen (secondary N) is 1. The highest BCUT2D eigenvalue weighted by Gasteiger charge is 2.13. The molecule has 2 rings (SSSR count). The smallest absolute Gasteiger partial charge is 0.0638 e. The first-order valence-corrected chi connectivity index (χ1v) is 6.98. The van der Waals surface area contributed by atoms with E-state index >= 15 is 0 Å². The van der Waals surface area contributed by atoms with Crippen LogP contribution in [0.2, 0.25) is 0 Å². The van der Waals surface area contributed by atoms with E-state index in [1.165, 1.54) is 11.1 Å². The van der Waals surface area contributed by atoms with Crippen LogP contribution in [0, 0.1) is 6.92 Å². The summed E-state index contributed by atoms with van der Waals surface area (Å²) in [6.45, 7) is 3.87. The first-order valence-electron chi connectivity index (χ1n) is 6.98. The maximum absolute atomic E-state index is 4.39. The van der Waals surface area contributed by atoms with Gasteiger partial charge in [0.2, 0.25) is 0 Å². The molecule has 1 heterocycles. The molecule has 1 aromatic heterocycles. The Hall–Kier alpha value is -1.65. The Kier molecular flexibility index (Phi) is 4.93. The average molecular weight is 272 g/mol. The van der Waals surface area contributed by atoms with Crippen molar-refractivity contribution in [3.63, 3.8) is 0 Å². The number of hydrogen-bond donors (Lipinski definition) is 1. The van der Waals surface area contributed by atoms with Gasteiger partial charge in [-0.05, 0) is 26.6 Å². The largest absolute Gasteiger partial charge is 0.308 e. The summed E-state index contributed by atoms with van der Waals surface area (Å²) in [5.41, 5.74) is 3.67. The standard InChI is InChI=1S/C16H24N4/c1-13-15(11-20(4)18-13)10-17-16(12-19(2)3)14-8-6-5-7-9-14/h5-9,11,16-17H,10,12H2,1-4H3. The minimum absolute atomic E-state index is 0.325. The van der Waals surface area contributed by atoms with E-state index in [4.69, 9.17) is 0 Å². The van der Waals surface area contributed by atoms with Gasteiger partial charge in [0, 0.05) is 37.9 Å². The lowest BCUT2D eigenvalue weighted by Crippen LogP contribution is -2.31. The van der Waals surface area contributed by atoms with E-state index in [0.29, 0.717) is 6.04 Å². The fraction of sp³-hybridized carbons (Fsp3) is 0.438. The van der Waals surface area contributed by atoms with E-state index in [9.17, 15) is 0 Å². The van der Waals surface area contributed by atoms with Crippen molar-refractivity contribution in [3.8, 4) is 0 Å². The second-order valence-corrected chi connectivity index (χ2v) is 5.52. The summed E-state index contributed by atoms with van der Waals surface area (Å²) in [5.74, 6) is 0. The van der Waals surface area contributed by atoms with Crippen LogP contribution in [0.4, 0.5) is 0 Å². The lowest BCUT2D eigenvalue weighted by Gasteiger charge is -2.23. The second-order valence-electron chi connectivity index (χ2n) is 5.52. The number of aromatic nitrogens is 2. The van der Waals surface area contributed by atoms with Crippen molar-refractivity contribution in [2.45, 2.75) is 19.5 Å². The normalized spacial score (nSPS) is 12.8. The van der Waals surface area contributed by atoms with E-state index < -0.39 is 0 Å². The van der Waals surface area contributed by atoms with Crippen molar-refractivity contribution in [2.75, 3.05) is 20.6 Å². The van der Waals surface area contributed by atoms with Crippen LogP contribution >= 0.6 is 0 Å². The monoisotopic (exact) mass is 272 g/mol. The van der Waals surface area contributed by atoms with Gasteiger partial charge >= 0.3 is 0 Å². The zero-order valence-corrected chi connectivity index (χ0v) is 12.8. The summed E-state index contributed by atoms with van der Waals surface area (Å²) in [4.78, 5) is 2.21. The summed E-state index contributed by atoms with van der Waals surface area (Å²) in [6, 6.07) is 10.9. The van der Waals surface area contributed by atoms with Crippen LogP contribution in [-0.4, -0.2) is 35.3 Å². The molecule has 4 heteroatoms. The van der Waals surface area contributed by atoms with E-state index in [2.05, 4.69) is 72.9 Å². The summed E-state index contributed by atoms with van der Waals surface area (Å²) in [5, 5.41) is 8.03. The third kappa shape index (κ3) is 3.92. The molecule has 0 aliphatic rings.